The van der Waals surface area contributed by atoms with Gasteiger partial charge >= 0.3 is 0 Å². The molecule has 0 aliphatic carbocycles. The fraction of sp³-hybridized carbons (Fsp3) is 0.333. The minimum Gasteiger partial charge on any atom is -0.379 e. The maximum atomic E-state index is 12.7. The number of hydrogen-bond donors (Lipinski definition) is 1. The maximum absolute atomic E-state index is 12.7. The molecule has 1 aliphatic heterocycles. The Morgan fingerprint density at radius 2 is 1.76 bits per heavy atom. The van der Waals surface area contributed by atoms with Crippen LogP contribution in [0.5, 0.6) is 0 Å². The van der Waals surface area contributed by atoms with Crippen molar-refractivity contribution in [1.29, 1.82) is 0 Å². The third-order valence-electron chi connectivity index (χ3n) is 5.59. The van der Waals surface area contributed by atoms with Crippen LogP contribution in [0.1, 0.15) is 23.4 Å². The number of carbonyl (C=O) groups excluding carboxylic acids is 1. The number of para-hydroxylation sites is 2. The number of hydrogen-bond acceptors (Lipinski definition) is 5. The molecule has 0 spiro atoms. The highest BCUT2D eigenvalue weighted by Gasteiger charge is 2.26. The van der Waals surface area contributed by atoms with Crippen LogP contribution >= 0.6 is 0 Å². The number of benzene rings is 2. The molecule has 4 rings (SSSR count). The number of nitrogens with zero attached hydrogens (tertiary/aromatic N) is 3. The fourth-order valence-corrected chi connectivity index (χ4v) is 5.28. The second-order valence-corrected chi connectivity index (χ2v) is 10.0. The van der Waals surface area contributed by atoms with E-state index in [1.54, 1.807) is 24.3 Å². The molecule has 2 heterocycles. The second kappa shape index (κ2) is 9.86. The van der Waals surface area contributed by atoms with Crippen LogP contribution in [0.2, 0.25) is 0 Å². The first-order valence-electron chi connectivity index (χ1n) is 10.9. The van der Waals surface area contributed by atoms with Gasteiger partial charge in [0.15, 0.2) is 0 Å². The molecular weight excluding hydrogens is 440 g/mol. The summed E-state index contributed by atoms with van der Waals surface area (Å²) < 4.78 is 34.0. The quantitative estimate of drug-likeness (QED) is 0.575. The van der Waals surface area contributed by atoms with Gasteiger partial charge in [-0.05, 0) is 56.2 Å². The highest BCUT2D eigenvalue weighted by atomic mass is 32.2. The van der Waals surface area contributed by atoms with Crippen LogP contribution in [0.15, 0.2) is 59.5 Å². The summed E-state index contributed by atoms with van der Waals surface area (Å²) in [5.41, 5.74) is 4.31. The van der Waals surface area contributed by atoms with Gasteiger partial charge in [-0.25, -0.2) is 13.1 Å². The summed E-state index contributed by atoms with van der Waals surface area (Å²) in [5.74, 6) is -0.117. The van der Waals surface area contributed by atoms with Gasteiger partial charge in [-0.15, -0.1) is 0 Å². The Morgan fingerprint density at radius 3 is 2.42 bits per heavy atom. The lowest BCUT2D eigenvalue weighted by atomic mass is 10.1. The Hall–Kier alpha value is -3.01. The molecule has 3 aromatic rings. The van der Waals surface area contributed by atoms with Crippen LogP contribution < -0.4 is 5.32 Å². The number of aromatic nitrogens is 2. The number of sulfonamides is 1. The zero-order valence-corrected chi connectivity index (χ0v) is 19.6. The van der Waals surface area contributed by atoms with E-state index in [9.17, 15) is 13.2 Å². The first-order chi connectivity index (χ1) is 15.8. The molecule has 2 aromatic carbocycles. The monoisotopic (exact) mass is 468 g/mol. The summed E-state index contributed by atoms with van der Waals surface area (Å²) in [6.45, 7) is 5.46. The van der Waals surface area contributed by atoms with Crippen molar-refractivity contribution >= 4 is 21.6 Å². The molecule has 33 heavy (non-hydrogen) atoms. The number of nitrogens with one attached hydrogen (secondary N) is 1. The lowest BCUT2D eigenvalue weighted by Gasteiger charge is -2.26. The highest BCUT2D eigenvalue weighted by Crippen LogP contribution is 2.22. The van der Waals surface area contributed by atoms with Gasteiger partial charge in [0.1, 0.15) is 0 Å². The van der Waals surface area contributed by atoms with E-state index >= 15 is 0 Å². The van der Waals surface area contributed by atoms with E-state index in [4.69, 9.17) is 4.74 Å². The van der Waals surface area contributed by atoms with Crippen molar-refractivity contribution in [3.8, 4) is 5.69 Å². The Morgan fingerprint density at radius 1 is 1.06 bits per heavy atom. The summed E-state index contributed by atoms with van der Waals surface area (Å²) in [7, 11) is -3.52. The number of carbonyl (C=O) groups is 1. The normalized spacial score (nSPS) is 14.8. The molecule has 0 bridgehead atoms. The van der Waals surface area contributed by atoms with Gasteiger partial charge in [-0.1, -0.05) is 24.3 Å². The number of rotatable bonds is 7. The molecule has 1 N–H and O–H groups in total. The summed E-state index contributed by atoms with van der Waals surface area (Å²) in [4.78, 5) is 12.9. The van der Waals surface area contributed by atoms with Gasteiger partial charge in [-0.3, -0.25) is 4.79 Å². The number of amides is 1. The molecule has 8 nitrogen and oxygen atoms in total. The van der Waals surface area contributed by atoms with E-state index in [1.807, 2.05) is 48.9 Å². The highest BCUT2D eigenvalue weighted by molar-refractivity contribution is 7.89. The topological polar surface area (TPSA) is 93.5 Å². The standard InChI is InChI=1S/C24H28N4O4S/c1-18-17-19(2)28(26-18)23-6-4-3-5-22(23)25-24(29)12-9-20-7-10-21(11-8-20)33(30,31)27-13-15-32-16-14-27/h3-8,10-11,17H,9,12-16H2,1-2H3,(H,25,29). The average Bonchev–Trinajstić information content (AvgIpc) is 3.16. The molecule has 1 fully saturated rings. The van der Waals surface area contributed by atoms with E-state index < -0.39 is 10.0 Å². The van der Waals surface area contributed by atoms with Crippen molar-refractivity contribution in [1.82, 2.24) is 14.1 Å². The summed E-state index contributed by atoms with van der Waals surface area (Å²) in [5, 5.41) is 7.49. The average molecular weight is 469 g/mol. The Balaban J connectivity index is 1.39. The number of aryl methyl sites for hydroxylation is 3. The van der Waals surface area contributed by atoms with Gasteiger partial charge in [0.2, 0.25) is 15.9 Å². The lowest BCUT2D eigenvalue weighted by Crippen LogP contribution is -2.40. The lowest BCUT2D eigenvalue weighted by molar-refractivity contribution is -0.116. The van der Waals surface area contributed by atoms with E-state index in [-0.39, 0.29) is 17.2 Å². The molecule has 0 atom stereocenters. The molecule has 174 valence electrons. The third-order valence-corrected chi connectivity index (χ3v) is 7.50. The van der Waals surface area contributed by atoms with Crippen molar-refractivity contribution in [3.05, 3.63) is 71.5 Å². The number of ether oxygens (including phenoxy) is 1. The van der Waals surface area contributed by atoms with Crippen molar-refractivity contribution in [2.24, 2.45) is 0 Å². The largest absolute Gasteiger partial charge is 0.379 e. The predicted octanol–water partition coefficient (Wildman–Crippen LogP) is 3.08. The van der Waals surface area contributed by atoms with Crippen molar-refractivity contribution in [3.63, 3.8) is 0 Å². The molecular formula is C24H28N4O4S. The zero-order chi connectivity index (χ0) is 23.4. The van der Waals surface area contributed by atoms with Crippen molar-refractivity contribution < 1.29 is 17.9 Å². The van der Waals surface area contributed by atoms with Gasteiger partial charge in [0.05, 0.1) is 35.2 Å². The smallest absolute Gasteiger partial charge is 0.243 e. The van der Waals surface area contributed by atoms with Crippen LogP contribution in [0, 0.1) is 13.8 Å². The number of morpholine rings is 1. The Kier molecular flexibility index (Phi) is 6.92. The third kappa shape index (κ3) is 5.32. The molecule has 9 heteroatoms. The Labute approximate surface area is 194 Å². The van der Waals surface area contributed by atoms with E-state index in [1.165, 1.54) is 4.31 Å². The van der Waals surface area contributed by atoms with E-state index in [0.29, 0.717) is 38.4 Å². The maximum Gasteiger partial charge on any atom is 0.243 e. The van der Waals surface area contributed by atoms with Crippen LogP contribution in [0.25, 0.3) is 5.69 Å². The van der Waals surface area contributed by atoms with Crippen LogP contribution in [-0.2, 0) is 26.0 Å². The second-order valence-electron chi connectivity index (χ2n) is 8.06. The van der Waals surface area contributed by atoms with Crippen LogP contribution in [0.3, 0.4) is 0 Å². The summed E-state index contributed by atoms with van der Waals surface area (Å²) >= 11 is 0. The molecule has 0 unspecified atom stereocenters. The Bertz CT molecular complexity index is 1230. The molecule has 1 saturated heterocycles. The SMILES string of the molecule is Cc1cc(C)n(-c2ccccc2NC(=O)CCc2ccc(S(=O)(=O)N3CCOCC3)cc2)n1. The predicted molar refractivity (Wildman–Crippen MR) is 126 cm³/mol. The van der Waals surface area contributed by atoms with Gasteiger partial charge in [0.25, 0.3) is 0 Å². The summed E-state index contributed by atoms with van der Waals surface area (Å²) in [6.07, 6.45) is 0.785. The van der Waals surface area contributed by atoms with E-state index in [2.05, 4.69) is 10.4 Å². The fourth-order valence-electron chi connectivity index (χ4n) is 3.87. The van der Waals surface area contributed by atoms with Crippen molar-refractivity contribution in [2.75, 3.05) is 31.6 Å². The molecule has 1 amide bonds. The molecule has 0 saturated carbocycles. The van der Waals surface area contributed by atoms with Gasteiger partial charge < -0.3 is 10.1 Å². The number of anilines is 1. The zero-order valence-electron chi connectivity index (χ0n) is 18.8. The molecule has 1 aromatic heterocycles. The minimum absolute atomic E-state index is 0.117. The molecule has 0 radical (unpaired) electrons. The first kappa shape index (κ1) is 23.2. The minimum atomic E-state index is -3.52. The summed E-state index contributed by atoms with van der Waals surface area (Å²) in [6, 6.07) is 16.3. The van der Waals surface area contributed by atoms with Gasteiger partial charge in [0, 0.05) is 25.2 Å². The van der Waals surface area contributed by atoms with Gasteiger partial charge in [-0.2, -0.15) is 9.40 Å². The molecule has 1 aliphatic rings. The van der Waals surface area contributed by atoms with Crippen LogP contribution in [0.4, 0.5) is 5.69 Å². The first-order valence-corrected chi connectivity index (χ1v) is 12.4. The van der Waals surface area contributed by atoms with Crippen molar-refractivity contribution in [2.45, 2.75) is 31.6 Å². The van der Waals surface area contributed by atoms with Crippen LogP contribution in [-0.4, -0.2) is 54.7 Å². The van der Waals surface area contributed by atoms with E-state index in [0.717, 1.165) is 22.6 Å².